The first-order valence-electron chi connectivity index (χ1n) is 3.98. The predicted octanol–water partition coefficient (Wildman–Crippen LogP) is -0.124. The summed E-state index contributed by atoms with van der Waals surface area (Å²) in [6, 6.07) is 0.450. The van der Waals surface area contributed by atoms with Crippen molar-refractivity contribution < 1.29 is 8.42 Å². The first-order chi connectivity index (χ1) is 5.33. The average molecular weight is 194 g/mol. The second kappa shape index (κ2) is 4.79. The van der Waals surface area contributed by atoms with Gasteiger partial charge in [0.25, 0.3) is 0 Å². The van der Waals surface area contributed by atoms with Gasteiger partial charge in [-0.3, -0.25) is 0 Å². The van der Waals surface area contributed by atoms with Gasteiger partial charge in [-0.1, -0.05) is 0 Å². The lowest BCUT2D eigenvalue weighted by molar-refractivity contribution is 0.278. The molecular formula is C7H18N2O2S. The first-order valence-corrected chi connectivity index (χ1v) is 5.87. The number of hydrogen-bond donors (Lipinski definition) is 1. The average Bonchev–Trinajstić information content (AvgIpc) is 1.84. The topological polar surface area (TPSA) is 49.4 Å². The fraction of sp³-hybridized carbons (Fsp3) is 1.00. The zero-order valence-corrected chi connectivity index (χ0v) is 8.98. The van der Waals surface area contributed by atoms with Crippen molar-refractivity contribution in [1.82, 2.24) is 9.62 Å². The monoisotopic (exact) mass is 194 g/mol. The Morgan fingerprint density at radius 2 is 1.92 bits per heavy atom. The molecule has 0 aromatic heterocycles. The summed E-state index contributed by atoms with van der Waals surface area (Å²) in [5.41, 5.74) is 0. The Morgan fingerprint density at radius 3 is 2.25 bits per heavy atom. The van der Waals surface area contributed by atoms with Crippen molar-refractivity contribution in [3.63, 3.8) is 0 Å². The fourth-order valence-electron chi connectivity index (χ4n) is 0.666. The number of nitrogens with zero attached hydrogens (tertiary/aromatic N) is 1. The van der Waals surface area contributed by atoms with Crippen LogP contribution in [0.5, 0.6) is 0 Å². The standard InChI is InChI=1S/C7H18N2O2S/c1-7(2)9(3)6-5-8-12(4,10)11/h7-8H,5-6H2,1-4H3. The Balaban J connectivity index is 3.58. The highest BCUT2D eigenvalue weighted by Gasteiger charge is 2.04. The summed E-state index contributed by atoms with van der Waals surface area (Å²) in [6.07, 6.45) is 1.17. The lowest BCUT2D eigenvalue weighted by atomic mass is 10.3. The zero-order chi connectivity index (χ0) is 9.78. The van der Waals surface area contributed by atoms with Gasteiger partial charge in [0.2, 0.25) is 10.0 Å². The minimum Gasteiger partial charge on any atom is -0.303 e. The number of sulfonamides is 1. The van der Waals surface area contributed by atoms with Crippen molar-refractivity contribution in [3.8, 4) is 0 Å². The van der Waals surface area contributed by atoms with Crippen molar-refractivity contribution in [3.05, 3.63) is 0 Å². The fourth-order valence-corrected chi connectivity index (χ4v) is 1.13. The summed E-state index contributed by atoms with van der Waals surface area (Å²) >= 11 is 0. The molecule has 0 aliphatic rings. The molecule has 5 heteroatoms. The largest absolute Gasteiger partial charge is 0.303 e. The van der Waals surface area contributed by atoms with Crippen LogP contribution in [0.15, 0.2) is 0 Å². The van der Waals surface area contributed by atoms with Gasteiger partial charge < -0.3 is 4.90 Å². The second-order valence-corrected chi connectivity index (χ2v) is 5.07. The highest BCUT2D eigenvalue weighted by atomic mass is 32.2. The van der Waals surface area contributed by atoms with Crippen LogP contribution in [0, 0.1) is 0 Å². The van der Waals surface area contributed by atoms with Crippen LogP contribution in [0.25, 0.3) is 0 Å². The van der Waals surface area contributed by atoms with Crippen LogP contribution in [0.3, 0.4) is 0 Å². The van der Waals surface area contributed by atoms with Crippen LogP contribution >= 0.6 is 0 Å². The van der Waals surface area contributed by atoms with E-state index in [0.29, 0.717) is 12.6 Å². The molecule has 0 saturated heterocycles. The van der Waals surface area contributed by atoms with E-state index in [1.165, 1.54) is 6.26 Å². The lowest BCUT2D eigenvalue weighted by Crippen LogP contribution is -2.35. The minimum atomic E-state index is -3.02. The summed E-state index contributed by atoms with van der Waals surface area (Å²) in [7, 11) is -1.06. The maximum atomic E-state index is 10.7. The summed E-state index contributed by atoms with van der Waals surface area (Å²) in [5.74, 6) is 0. The molecule has 0 saturated carbocycles. The van der Waals surface area contributed by atoms with Crippen LogP contribution in [-0.4, -0.2) is 45.8 Å². The van der Waals surface area contributed by atoms with Gasteiger partial charge in [0.15, 0.2) is 0 Å². The second-order valence-electron chi connectivity index (χ2n) is 3.24. The Morgan fingerprint density at radius 1 is 1.42 bits per heavy atom. The summed E-state index contributed by atoms with van der Waals surface area (Å²) in [6.45, 7) is 5.36. The molecule has 0 amide bonds. The van der Waals surface area contributed by atoms with Gasteiger partial charge in [-0.2, -0.15) is 0 Å². The molecule has 0 aromatic rings. The molecule has 0 atom stereocenters. The normalized spacial score (nSPS) is 12.8. The van der Waals surface area contributed by atoms with Crippen LogP contribution in [0.4, 0.5) is 0 Å². The Labute approximate surface area is 75.0 Å². The van der Waals surface area contributed by atoms with Gasteiger partial charge in [0, 0.05) is 19.1 Å². The maximum Gasteiger partial charge on any atom is 0.208 e. The molecule has 12 heavy (non-hydrogen) atoms. The molecule has 74 valence electrons. The van der Waals surface area contributed by atoms with Crippen LogP contribution in [0.2, 0.25) is 0 Å². The smallest absolute Gasteiger partial charge is 0.208 e. The number of nitrogens with one attached hydrogen (secondary N) is 1. The van der Waals surface area contributed by atoms with Gasteiger partial charge in [-0.05, 0) is 20.9 Å². The summed E-state index contributed by atoms with van der Waals surface area (Å²) < 4.78 is 23.7. The molecule has 0 fully saturated rings. The molecule has 0 unspecified atom stereocenters. The van der Waals surface area contributed by atoms with Gasteiger partial charge >= 0.3 is 0 Å². The van der Waals surface area contributed by atoms with E-state index in [-0.39, 0.29) is 0 Å². The SMILES string of the molecule is CC(C)N(C)CCNS(C)(=O)=O. The van der Waals surface area contributed by atoms with Gasteiger partial charge in [-0.25, -0.2) is 13.1 Å². The van der Waals surface area contributed by atoms with E-state index in [1.807, 2.05) is 7.05 Å². The third kappa shape index (κ3) is 6.57. The predicted molar refractivity (Wildman–Crippen MR) is 50.6 cm³/mol. The van der Waals surface area contributed by atoms with Gasteiger partial charge in [0.1, 0.15) is 0 Å². The quantitative estimate of drug-likeness (QED) is 0.663. The molecule has 1 N–H and O–H groups in total. The number of rotatable bonds is 5. The summed E-state index contributed by atoms with van der Waals surface area (Å²) in [4.78, 5) is 2.08. The summed E-state index contributed by atoms with van der Waals surface area (Å²) in [5, 5.41) is 0. The molecular weight excluding hydrogens is 176 g/mol. The van der Waals surface area contributed by atoms with Crippen molar-refractivity contribution >= 4 is 10.0 Å². The van der Waals surface area contributed by atoms with E-state index in [1.54, 1.807) is 0 Å². The van der Waals surface area contributed by atoms with Gasteiger partial charge in [0.05, 0.1) is 6.26 Å². The zero-order valence-electron chi connectivity index (χ0n) is 8.16. The molecule has 0 heterocycles. The Hall–Kier alpha value is -0.130. The molecule has 4 nitrogen and oxygen atoms in total. The lowest BCUT2D eigenvalue weighted by Gasteiger charge is -2.20. The molecule has 0 bridgehead atoms. The molecule has 0 rings (SSSR count). The Kier molecular flexibility index (Phi) is 4.74. The van der Waals surface area contributed by atoms with Crippen LogP contribution < -0.4 is 4.72 Å². The number of likely N-dealkylation sites (N-methyl/N-ethyl adjacent to an activating group) is 1. The van der Waals surface area contributed by atoms with Gasteiger partial charge in [-0.15, -0.1) is 0 Å². The van der Waals surface area contributed by atoms with Crippen LogP contribution in [-0.2, 0) is 10.0 Å². The van der Waals surface area contributed by atoms with E-state index in [2.05, 4.69) is 23.5 Å². The van der Waals surface area contributed by atoms with Crippen LogP contribution in [0.1, 0.15) is 13.8 Å². The molecule has 0 radical (unpaired) electrons. The highest BCUT2D eigenvalue weighted by molar-refractivity contribution is 7.88. The van der Waals surface area contributed by atoms with Crippen molar-refractivity contribution in [1.29, 1.82) is 0 Å². The van der Waals surface area contributed by atoms with E-state index in [0.717, 1.165) is 6.54 Å². The Bertz CT molecular complexity index is 211. The third-order valence-electron chi connectivity index (χ3n) is 1.71. The van der Waals surface area contributed by atoms with Crippen molar-refractivity contribution in [2.45, 2.75) is 19.9 Å². The van der Waals surface area contributed by atoms with E-state index in [4.69, 9.17) is 0 Å². The maximum absolute atomic E-state index is 10.7. The molecule has 0 aliphatic heterocycles. The molecule has 0 spiro atoms. The highest BCUT2D eigenvalue weighted by Crippen LogP contribution is 1.90. The van der Waals surface area contributed by atoms with E-state index >= 15 is 0 Å². The molecule has 0 aliphatic carbocycles. The van der Waals surface area contributed by atoms with E-state index in [9.17, 15) is 8.42 Å². The van der Waals surface area contributed by atoms with Crippen molar-refractivity contribution in [2.24, 2.45) is 0 Å². The third-order valence-corrected chi connectivity index (χ3v) is 2.44. The van der Waals surface area contributed by atoms with Crippen molar-refractivity contribution in [2.75, 3.05) is 26.4 Å². The van der Waals surface area contributed by atoms with E-state index < -0.39 is 10.0 Å². The molecule has 0 aromatic carbocycles. The minimum absolute atomic E-state index is 0.450. The number of hydrogen-bond acceptors (Lipinski definition) is 3. The first kappa shape index (κ1) is 11.9.